The maximum Gasteiger partial charge on any atom is 0.250 e. The SMILES string of the molecule is N[C@@H](Cc1cccs1)C(=O)C[C@H](/C=C/C(=O)N1CCc2ccccc21)CCc1ccccc1. The van der Waals surface area contributed by atoms with Crippen LogP contribution < -0.4 is 10.6 Å². The Hall–Kier alpha value is -3.02. The number of benzene rings is 2. The molecule has 4 nitrogen and oxygen atoms in total. The Labute approximate surface area is 199 Å². The first-order valence-corrected chi connectivity index (χ1v) is 12.4. The number of rotatable bonds is 10. The first-order valence-electron chi connectivity index (χ1n) is 11.5. The summed E-state index contributed by atoms with van der Waals surface area (Å²) in [6, 6.07) is 21.7. The molecule has 1 aliphatic rings. The molecule has 2 atom stereocenters. The van der Waals surface area contributed by atoms with Gasteiger partial charge in [0.15, 0.2) is 0 Å². The maximum absolute atomic E-state index is 12.9. The normalized spacial score (nSPS) is 14.9. The van der Waals surface area contributed by atoms with Crippen molar-refractivity contribution >= 4 is 28.7 Å². The fourth-order valence-electron chi connectivity index (χ4n) is 4.31. The Bertz CT molecular complexity index is 1090. The minimum Gasteiger partial charge on any atom is -0.321 e. The quantitative estimate of drug-likeness (QED) is 0.436. The number of allylic oxidation sites excluding steroid dienone is 1. The standard InChI is InChI=1S/C28H30N2O2S/c29-25(20-24-10-6-18-33-24)27(31)19-22(13-12-21-7-2-1-3-8-21)14-15-28(32)30-17-16-23-9-4-5-11-26(23)30/h1-11,14-15,18,22,25H,12-13,16-17,19-20,29H2/b15-14+/t22-,25-/m0/s1. The highest BCUT2D eigenvalue weighted by Gasteiger charge is 2.23. The molecule has 0 saturated carbocycles. The second-order valence-electron chi connectivity index (χ2n) is 8.57. The van der Waals surface area contributed by atoms with Gasteiger partial charge in [0.25, 0.3) is 5.91 Å². The zero-order valence-electron chi connectivity index (χ0n) is 18.7. The van der Waals surface area contributed by atoms with E-state index in [1.807, 2.05) is 64.9 Å². The molecular weight excluding hydrogens is 428 g/mol. The minimum atomic E-state index is -0.516. The van der Waals surface area contributed by atoms with Crippen molar-refractivity contribution in [1.82, 2.24) is 0 Å². The Morgan fingerprint density at radius 3 is 2.61 bits per heavy atom. The van der Waals surface area contributed by atoms with Gasteiger partial charge < -0.3 is 10.6 Å². The topological polar surface area (TPSA) is 63.4 Å². The molecule has 3 aromatic rings. The zero-order valence-corrected chi connectivity index (χ0v) is 19.5. The molecule has 2 aromatic carbocycles. The van der Waals surface area contributed by atoms with E-state index < -0.39 is 6.04 Å². The average molecular weight is 459 g/mol. The van der Waals surface area contributed by atoms with Crippen LogP contribution in [0.1, 0.15) is 28.8 Å². The number of thiophene rings is 1. The molecule has 33 heavy (non-hydrogen) atoms. The van der Waals surface area contributed by atoms with Crippen LogP contribution in [0, 0.1) is 5.92 Å². The fraction of sp³-hybridized carbons (Fsp3) is 0.286. The van der Waals surface area contributed by atoms with Crippen LogP contribution in [0.25, 0.3) is 0 Å². The van der Waals surface area contributed by atoms with Crippen molar-refractivity contribution < 1.29 is 9.59 Å². The van der Waals surface area contributed by atoms with Crippen molar-refractivity contribution in [3.8, 4) is 0 Å². The smallest absolute Gasteiger partial charge is 0.250 e. The molecule has 0 saturated heterocycles. The lowest BCUT2D eigenvalue weighted by atomic mass is 9.91. The van der Waals surface area contributed by atoms with E-state index in [0.717, 1.165) is 29.8 Å². The van der Waals surface area contributed by atoms with Gasteiger partial charge in [-0.15, -0.1) is 11.3 Å². The van der Waals surface area contributed by atoms with Gasteiger partial charge in [-0.1, -0.05) is 60.7 Å². The lowest BCUT2D eigenvalue weighted by Gasteiger charge is -2.17. The molecule has 2 heterocycles. The molecule has 2 N–H and O–H groups in total. The number of fused-ring (bicyclic) bond motifs is 1. The van der Waals surface area contributed by atoms with Crippen LogP contribution >= 0.6 is 11.3 Å². The largest absolute Gasteiger partial charge is 0.321 e. The van der Waals surface area contributed by atoms with Crippen LogP contribution in [0.4, 0.5) is 5.69 Å². The van der Waals surface area contributed by atoms with Gasteiger partial charge >= 0.3 is 0 Å². The second-order valence-corrected chi connectivity index (χ2v) is 9.60. The predicted octanol–water partition coefficient (Wildman–Crippen LogP) is 4.97. The molecule has 0 radical (unpaired) electrons. The molecule has 0 bridgehead atoms. The summed E-state index contributed by atoms with van der Waals surface area (Å²) in [5.41, 5.74) is 9.65. The number of carbonyl (C=O) groups excluding carboxylic acids is 2. The van der Waals surface area contributed by atoms with Crippen molar-refractivity contribution in [2.75, 3.05) is 11.4 Å². The van der Waals surface area contributed by atoms with E-state index in [4.69, 9.17) is 5.73 Å². The van der Waals surface area contributed by atoms with E-state index in [0.29, 0.717) is 19.4 Å². The summed E-state index contributed by atoms with van der Waals surface area (Å²) in [7, 11) is 0. The number of Topliss-reactive ketones (excluding diaryl/α,β-unsaturated/α-hetero) is 1. The highest BCUT2D eigenvalue weighted by atomic mass is 32.1. The predicted molar refractivity (Wildman–Crippen MR) is 136 cm³/mol. The van der Waals surface area contributed by atoms with Crippen molar-refractivity contribution in [2.45, 2.75) is 38.1 Å². The summed E-state index contributed by atoms with van der Waals surface area (Å²) in [5, 5.41) is 2.00. The van der Waals surface area contributed by atoms with Gasteiger partial charge in [-0.2, -0.15) is 0 Å². The molecule has 1 aliphatic heterocycles. The Morgan fingerprint density at radius 2 is 1.82 bits per heavy atom. The Morgan fingerprint density at radius 1 is 1.03 bits per heavy atom. The molecule has 5 heteroatoms. The van der Waals surface area contributed by atoms with Crippen LogP contribution in [0.3, 0.4) is 0 Å². The third-order valence-corrected chi connectivity index (χ3v) is 7.09. The minimum absolute atomic E-state index is 0.0278. The average Bonchev–Trinajstić information content (AvgIpc) is 3.51. The van der Waals surface area contributed by atoms with Gasteiger partial charge in [-0.05, 0) is 59.9 Å². The van der Waals surface area contributed by atoms with Crippen LogP contribution in [-0.2, 0) is 28.9 Å². The summed E-state index contributed by atoms with van der Waals surface area (Å²) in [6.45, 7) is 0.696. The van der Waals surface area contributed by atoms with E-state index in [1.165, 1.54) is 11.1 Å². The van der Waals surface area contributed by atoms with Crippen LogP contribution in [0.2, 0.25) is 0 Å². The summed E-state index contributed by atoms with van der Waals surface area (Å²) in [6.07, 6.45) is 7.00. The Balaban J connectivity index is 1.42. The highest BCUT2D eigenvalue weighted by molar-refractivity contribution is 7.09. The van der Waals surface area contributed by atoms with Crippen molar-refractivity contribution in [3.63, 3.8) is 0 Å². The summed E-state index contributed by atoms with van der Waals surface area (Å²) in [4.78, 5) is 28.8. The van der Waals surface area contributed by atoms with Crippen LogP contribution in [-0.4, -0.2) is 24.3 Å². The maximum atomic E-state index is 12.9. The third-order valence-electron chi connectivity index (χ3n) is 6.19. The number of para-hydroxylation sites is 1. The van der Waals surface area contributed by atoms with Gasteiger partial charge in [0.1, 0.15) is 5.78 Å². The van der Waals surface area contributed by atoms with E-state index in [9.17, 15) is 9.59 Å². The monoisotopic (exact) mass is 458 g/mol. The Kier molecular flexibility index (Phi) is 7.87. The molecule has 170 valence electrons. The second kappa shape index (κ2) is 11.2. The number of anilines is 1. The van der Waals surface area contributed by atoms with E-state index in [1.54, 1.807) is 17.4 Å². The number of amides is 1. The number of hydrogen-bond acceptors (Lipinski definition) is 4. The van der Waals surface area contributed by atoms with Crippen molar-refractivity contribution in [3.05, 3.63) is 100 Å². The molecule has 1 amide bonds. The number of hydrogen-bond donors (Lipinski definition) is 1. The van der Waals surface area contributed by atoms with Gasteiger partial charge in [-0.25, -0.2) is 0 Å². The first kappa shape index (κ1) is 23.1. The molecule has 0 fully saturated rings. The fourth-order valence-corrected chi connectivity index (χ4v) is 5.07. The highest BCUT2D eigenvalue weighted by Crippen LogP contribution is 2.28. The van der Waals surface area contributed by atoms with Crippen molar-refractivity contribution in [2.24, 2.45) is 11.7 Å². The summed E-state index contributed by atoms with van der Waals surface area (Å²) >= 11 is 1.62. The number of ketones is 1. The van der Waals surface area contributed by atoms with Gasteiger partial charge in [0.2, 0.25) is 0 Å². The van der Waals surface area contributed by atoms with Gasteiger partial charge in [0, 0.05) is 30.0 Å². The van der Waals surface area contributed by atoms with Gasteiger partial charge in [-0.3, -0.25) is 9.59 Å². The number of aryl methyl sites for hydroxylation is 1. The molecule has 4 rings (SSSR count). The molecule has 1 aromatic heterocycles. The van der Waals surface area contributed by atoms with E-state index in [2.05, 4.69) is 18.2 Å². The van der Waals surface area contributed by atoms with Crippen LogP contribution in [0.15, 0.2) is 84.3 Å². The number of carbonyl (C=O) groups is 2. The lowest BCUT2D eigenvalue weighted by Crippen LogP contribution is -2.33. The first-order chi connectivity index (χ1) is 16.1. The third kappa shape index (κ3) is 6.28. The van der Waals surface area contributed by atoms with Gasteiger partial charge in [0.05, 0.1) is 6.04 Å². The molecular formula is C28H30N2O2S. The summed E-state index contributed by atoms with van der Waals surface area (Å²) < 4.78 is 0. The molecule has 0 aliphatic carbocycles. The van der Waals surface area contributed by atoms with E-state index >= 15 is 0 Å². The van der Waals surface area contributed by atoms with Crippen molar-refractivity contribution in [1.29, 1.82) is 0 Å². The summed E-state index contributed by atoms with van der Waals surface area (Å²) in [5.74, 6) is -0.0149. The number of nitrogens with two attached hydrogens (primary N) is 1. The van der Waals surface area contributed by atoms with Crippen LogP contribution in [0.5, 0.6) is 0 Å². The van der Waals surface area contributed by atoms with E-state index in [-0.39, 0.29) is 17.6 Å². The lowest BCUT2D eigenvalue weighted by molar-refractivity contribution is -0.121. The molecule has 0 unspecified atom stereocenters. The number of nitrogens with zero attached hydrogens (tertiary/aromatic N) is 1. The molecule has 0 spiro atoms. The zero-order chi connectivity index (χ0) is 23.0.